The average Bonchev–Trinajstić information content (AvgIpc) is 3.52. The summed E-state index contributed by atoms with van der Waals surface area (Å²) in [7, 11) is 0. The average molecular weight is 792 g/mol. The summed E-state index contributed by atoms with van der Waals surface area (Å²) in [5.74, 6) is -7.03. The number of phenolic OH excluding ortho intramolecular Hbond substituents is 2. The zero-order valence-electron chi connectivity index (χ0n) is 28.6. The Morgan fingerprint density at radius 1 is 0.873 bits per heavy atom. The number of hydrogen-bond donors (Lipinski definition) is 3. The summed E-state index contributed by atoms with van der Waals surface area (Å²) in [4.78, 5) is 63.3. The van der Waals surface area contributed by atoms with Crippen LogP contribution in [-0.2, 0) is 37.2 Å². The highest BCUT2D eigenvalue weighted by atomic mass is 35.5. The minimum atomic E-state index is -4.75. The fourth-order valence-electron chi connectivity index (χ4n) is 9.05. The lowest BCUT2D eigenvalue weighted by Gasteiger charge is -2.50. The molecule has 3 N–H and O–H groups in total. The Morgan fingerprint density at radius 2 is 1.60 bits per heavy atom. The number of likely N-dealkylation sites (tertiary alicyclic amines) is 1. The molecular weight excluding hydrogens is 760 g/mol. The molecule has 6 atom stereocenters. The summed E-state index contributed by atoms with van der Waals surface area (Å²) in [6.45, 7) is 0.0988. The number of anilines is 1. The molecule has 3 fully saturated rings. The normalized spacial score (nSPS) is 26.1. The largest absolute Gasteiger partial charge is 0.508 e. The maximum Gasteiger partial charge on any atom is 0.417 e. The maximum atomic E-state index is 15.2. The Balaban J connectivity index is 1.24. The van der Waals surface area contributed by atoms with Gasteiger partial charge >= 0.3 is 6.18 Å². The Morgan fingerprint density at radius 3 is 2.27 bits per heavy atom. The van der Waals surface area contributed by atoms with Crippen molar-refractivity contribution < 1.29 is 42.6 Å². The van der Waals surface area contributed by atoms with E-state index in [4.69, 9.17) is 23.2 Å². The van der Waals surface area contributed by atoms with Crippen LogP contribution in [0.4, 0.5) is 19.0 Å². The molecule has 1 aromatic heterocycles. The third-order valence-corrected chi connectivity index (χ3v) is 12.0. The van der Waals surface area contributed by atoms with E-state index in [-0.39, 0.29) is 42.6 Å². The number of nitrogens with one attached hydrogen (secondary N) is 1. The number of alkyl halides is 3. The van der Waals surface area contributed by atoms with Crippen molar-refractivity contribution in [3.8, 4) is 11.5 Å². The first kappa shape index (κ1) is 36.6. The minimum Gasteiger partial charge on any atom is -0.508 e. The number of hydrazine groups is 1. The summed E-state index contributed by atoms with van der Waals surface area (Å²) in [5.41, 5.74) is 2.07. The van der Waals surface area contributed by atoms with Crippen LogP contribution < -0.4 is 5.43 Å². The van der Waals surface area contributed by atoms with Gasteiger partial charge < -0.3 is 10.2 Å². The van der Waals surface area contributed by atoms with Crippen LogP contribution >= 0.6 is 23.2 Å². The standard InChI is InChI=1S/C40H31Cl2F3N4O6/c41-24-8-6-22(7-9-24)39-30(36(53)49(38(39)55)47-34-31(42)17-23(19-46-34)40(43,44)45)18-29-27(33(39)21-2-1-3-26(51)16-21)12-13-28-32(29)37(54)48(35(28)52)15-14-20-4-10-25(50)11-5-20/h1-12,16-17,19,28-30,32-33,50-51H,13-15,18H2,(H,46,47). The van der Waals surface area contributed by atoms with E-state index in [2.05, 4.69) is 10.4 Å². The van der Waals surface area contributed by atoms with Crippen LogP contribution in [0.25, 0.3) is 0 Å². The molecule has 15 heteroatoms. The molecule has 3 heterocycles. The number of hydrogen-bond acceptors (Lipinski definition) is 8. The van der Waals surface area contributed by atoms with E-state index in [1.165, 1.54) is 29.2 Å². The van der Waals surface area contributed by atoms with Gasteiger partial charge in [-0.05, 0) is 84.3 Å². The van der Waals surface area contributed by atoms with Gasteiger partial charge in [-0.15, -0.1) is 0 Å². The lowest BCUT2D eigenvalue weighted by Crippen LogP contribution is -2.53. The number of aromatic hydroxyl groups is 2. The molecule has 6 unspecified atom stereocenters. The van der Waals surface area contributed by atoms with Gasteiger partial charge in [0.05, 0.1) is 33.8 Å². The summed E-state index contributed by atoms with van der Waals surface area (Å²) >= 11 is 12.5. The van der Waals surface area contributed by atoms with Crippen LogP contribution in [0.15, 0.2) is 96.7 Å². The molecule has 4 amide bonds. The summed E-state index contributed by atoms with van der Waals surface area (Å²) < 4.78 is 40.4. The van der Waals surface area contributed by atoms with Gasteiger partial charge in [0, 0.05) is 23.7 Å². The molecule has 0 radical (unpaired) electrons. The first-order valence-electron chi connectivity index (χ1n) is 17.5. The zero-order chi connectivity index (χ0) is 39.0. The number of imide groups is 2. The second-order valence-electron chi connectivity index (χ2n) is 14.3. The van der Waals surface area contributed by atoms with Crippen LogP contribution in [0.1, 0.15) is 41.0 Å². The van der Waals surface area contributed by atoms with E-state index in [1.54, 1.807) is 48.5 Å². The lowest BCUT2D eigenvalue weighted by molar-refractivity contribution is -0.141. The van der Waals surface area contributed by atoms with E-state index < -0.39 is 69.5 Å². The van der Waals surface area contributed by atoms with E-state index in [0.717, 1.165) is 10.6 Å². The fourth-order valence-corrected chi connectivity index (χ4v) is 9.39. The molecule has 8 rings (SSSR count). The van der Waals surface area contributed by atoms with Crippen LogP contribution in [0.2, 0.25) is 10.0 Å². The highest BCUT2D eigenvalue weighted by Gasteiger charge is 2.70. The monoisotopic (exact) mass is 790 g/mol. The molecular formula is C40H31Cl2F3N4O6. The first-order chi connectivity index (χ1) is 26.2. The predicted molar refractivity (Wildman–Crippen MR) is 194 cm³/mol. The molecule has 0 bridgehead atoms. The van der Waals surface area contributed by atoms with Gasteiger partial charge in [-0.25, -0.2) is 4.98 Å². The Kier molecular flexibility index (Phi) is 8.92. The highest BCUT2D eigenvalue weighted by molar-refractivity contribution is 6.33. The number of aromatic nitrogens is 1. The second kappa shape index (κ2) is 13.4. The molecule has 0 spiro atoms. The quantitative estimate of drug-likeness (QED) is 0.134. The molecule has 2 saturated heterocycles. The van der Waals surface area contributed by atoms with Gasteiger partial charge in [-0.3, -0.25) is 29.5 Å². The van der Waals surface area contributed by atoms with Crippen molar-refractivity contribution in [2.45, 2.75) is 36.8 Å². The Labute approximate surface area is 322 Å². The van der Waals surface area contributed by atoms with Crippen LogP contribution in [0.3, 0.4) is 0 Å². The number of phenols is 2. The summed E-state index contributed by atoms with van der Waals surface area (Å²) in [5, 5.41) is 21.0. The number of rotatable bonds is 7. The molecule has 4 aromatic rings. The van der Waals surface area contributed by atoms with Gasteiger partial charge in [-0.2, -0.15) is 18.2 Å². The van der Waals surface area contributed by atoms with Crippen molar-refractivity contribution in [1.82, 2.24) is 14.9 Å². The molecule has 3 aromatic carbocycles. The number of benzene rings is 3. The van der Waals surface area contributed by atoms with Crippen molar-refractivity contribution >= 4 is 52.6 Å². The molecule has 10 nitrogen and oxygen atoms in total. The predicted octanol–water partition coefficient (Wildman–Crippen LogP) is 7.05. The number of allylic oxidation sites excluding steroid dienone is 2. The van der Waals surface area contributed by atoms with Crippen LogP contribution in [-0.4, -0.2) is 55.3 Å². The van der Waals surface area contributed by atoms with Crippen molar-refractivity contribution in [2.75, 3.05) is 12.0 Å². The number of amides is 4. The third-order valence-electron chi connectivity index (χ3n) is 11.4. The van der Waals surface area contributed by atoms with E-state index in [0.29, 0.717) is 40.4 Å². The van der Waals surface area contributed by atoms with Crippen molar-refractivity contribution in [1.29, 1.82) is 0 Å². The molecule has 4 aliphatic rings. The number of carbonyl (C=O) groups excluding carboxylic acids is 4. The van der Waals surface area contributed by atoms with Crippen LogP contribution in [0, 0.1) is 23.7 Å². The third kappa shape index (κ3) is 5.91. The second-order valence-corrected chi connectivity index (χ2v) is 15.1. The van der Waals surface area contributed by atoms with Gasteiger partial charge in [-0.1, -0.05) is 71.2 Å². The number of halogens is 5. The molecule has 282 valence electrons. The number of pyridine rings is 1. The van der Waals surface area contributed by atoms with Gasteiger partial charge in [0.15, 0.2) is 5.82 Å². The van der Waals surface area contributed by atoms with Crippen LogP contribution in [0.5, 0.6) is 11.5 Å². The smallest absolute Gasteiger partial charge is 0.417 e. The molecule has 1 saturated carbocycles. The topological polar surface area (TPSA) is 140 Å². The molecule has 2 aliphatic heterocycles. The SMILES string of the molecule is O=C1C2CC=C3C(CC4C(=O)N(Nc5ncc(C(F)(F)F)cc5Cl)C(=O)C4(c4ccc(Cl)cc4)C3c3cccc(O)c3)C2C(=O)N1CCc1ccc(O)cc1. The van der Waals surface area contributed by atoms with Gasteiger partial charge in [0.2, 0.25) is 11.8 Å². The van der Waals surface area contributed by atoms with Crippen molar-refractivity contribution in [3.05, 3.63) is 129 Å². The molecule has 2 aliphatic carbocycles. The van der Waals surface area contributed by atoms with E-state index in [9.17, 15) is 37.8 Å². The van der Waals surface area contributed by atoms with Crippen molar-refractivity contribution in [3.63, 3.8) is 0 Å². The number of carbonyl (C=O) groups is 4. The molecule has 55 heavy (non-hydrogen) atoms. The lowest BCUT2D eigenvalue weighted by atomic mass is 9.49. The summed E-state index contributed by atoms with van der Waals surface area (Å²) in [6.07, 6.45) is -1.85. The highest BCUT2D eigenvalue weighted by Crippen LogP contribution is 2.64. The first-order valence-corrected chi connectivity index (χ1v) is 18.2. The summed E-state index contributed by atoms with van der Waals surface area (Å²) in [6, 6.07) is 19.8. The van der Waals surface area contributed by atoms with E-state index >= 15 is 4.79 Å². The van der Waals surface area contributed by atoms with E-state index in [1.807, 2.05) is 6.08 Å². The Bertz CT molecular complexity index is 2290. The van der Waals surface area contributed by atoms with Gasteiger partial charge in [0.25, 0.3) is 11.8 Å². The Hall–Kier alpha value is -5.40. The maximum absolute atomic E-state index is 15.2. The zero-order valence-corrected chi connectivity index (χ0v) is 30.1. The van der Waals surface area contributed by atoms with Gasteiger partial charge in [0.1, 0.15) is 11.5 Å². The fraction of sp³-hybridized carbons (Fsp3) is 0.275. The number of fused-ring (bicyclic) bond motifs is 4. The van der Waals surface area contributed by atoms with Crippen molar-refractivity contribution in [2.24, 2.45) is 23.7 Å². The number of nitrogens with zero attached hydrogens (tertiary/aromatic N) is 3. The minimum absolute atomic E-state index is 0.0350.